The molecule has 2 aliphatic rings. The number of methoxy groups -OCH3 is 1. The summed E-state index contributed by atoms with van der Waals surface area (Å²) in [6, 6.07) is 37.7. The molecule has 0 spiro atoms. The smallest absolute Gasteiger partial charge is 0.242 e. The molecular formula is C29H24N2O2S. The molecule has 0 aliphatic carbocycles. The van der Waals surface area contributed by atoms with E-state index >= 15 is 0 Å². The fourth-order valence-corrected chi connectivity index (χ4v) is 6.12. The zero-order valence-electron chi connectivity index (χ0n) is 18.8. The monoisotopic (exact) mass is 464 g/mol. The highest BCUT2D eigenvalue weighted by Crippen LogP contribution is 2.56. The molecule has 34 heavy (non-hydrogen) atoms. The third kappa shape index (κ3) is 3.44. The van der Waals surface area contributed by atoms with Crippen molar-refractivity contribution in [2.75, 3.05) is 12.0 Å². The normalized spacial score (nSPS) is 21.0. The molecule has 0 aromatic heterocycles. The molecule has 4 nitrogen and oxygen atoms in total. The molecule has 2 heterocycles. The van der Waals surface area contributed by atoms with E-state index in [0.29, 0.717) is 0 Å². The Labute approximate surface area is 203 Å². The average molecular weight is 465 g/mol. The molecule has 168 valence electrons. The van der Waals surface area contributed by atoms with Crippen molar-refractivity contribution in [3.05, 3.63) is 126 Å². The van der Waals surface area contributed by atoms with Gasteiger partial charge in [-0.2, -0.15) is 0 Å². The highest BCUT2D eigenvalue weighted by atomic mass is 32.2. The van der Waals surface area contributed by atoms with Crippen molar-refractivity contribution in [3.8, 4) is 5.75 Å². The van der Waals surface area contributed by atoms with Crippen LogP contribution in [-0.4, -0.2) is 12.9 Å². The van der Waals surface area contributed by atoms with Gasteiger partial charge in [-0.15, -0.1) is 11.8 Å². The first-order valence-corrected chi connectivity index (χ1v) is 12.2. The Bertz CT molecular complexity index is 1330. The van der Waals surface area contributed by atoms with E-state index in [9.17, 15) is 0 Å². The lowest BCUT2D eigenvalue weighted by molar-refractivity contribution is -0.0283. The van der Waals surface area contributed by atoms with Crippen LogP contribution in [0, 0.1) is 0 Å². The SMILES string of the molecule is COc1ccc(C23CC(c4ccccc4)Sc4ccccc4N2C(c2ccccc2)=NO3)cc1. The van der Waals surface area contributed by atoms with Crippen LogP contribution in [-0.2, 0) is 10.6 Å². The minimum absolute atomic E-state index is 0.180. The minimum Gasteiger partial charge on any atom is -0.497 e. The molecule has 0 radical (unpaired) electrons. The fraction of sp³-hybridized carbons (Fsp3) is 0.138. The third-order valence-corrected chi connectivity index (χ3v) is 7.76. The van der Waals surface area contributed by atoms with Crippen molar-refractivity contribution in [2.45, 2.75) is 22.3 Å². The molecule has 0 saturated heterocycles. The molecule has 2 unspecified atom stereocenters. The van der Waals surface area contributed by atoms with E-state index in [2.05, 4.69) is 83.8 Å². The predicted octanol–water partition coefficient (Wildman–Crippen LogP) is 6.98. The number of rotatable bonds is 4. The number of hydrogen-bond acceptors (Lipinski definition) is 5. The summed E-state index contributed by atoms with van der Waals surface area (Å²) in [6.07, 6.45) is 0.725. The highest BCUT2D eigenvalue weighted by molar-refractivity contribution is 7.99. The molecule has 0 fully saturated rings. The average Bonchev–Trinajstić information content (AvgIpc) is 3.22. The van der Waals surface area contributed by atoms with Gasteiger partial charge in [0.15, 0.2) is 5.84 Å². The van der Waals surface area contributed by atoms with E-state index in [1.54, 1.807) is 7.11 Å². The molecule has 2 aliphatic heterocycles. The van der Waals surface area contributed by atoms with Gasteiger partial charge < -0.3 is 9.57 Å². The minimum atomic E-state index is -0.794. The number of amidine groups is 1. The molecule has 0 N–H and O–H groups in total. The van der Waals surface area contributed by atoms with E-state index in [-0.39, 0.29) is 5.25 Å². The second kappa shape index (κ2) is 8.58. The van der Waals surface area contributed by atoms with Gasteiger partial charge in [-0.05, 0) is 42.0 Å². The maximum Gasteiger partial charge on any atom is 0.242 e. The Morgan fingerprint density at radius 3 is 2.26 bits per heavy atom. The van der Waals surface area contributed by atoms with E-state index in [0.717, 1.165) is 34.8 Å². The molecule has 0 amide bonds. The van der Waals surface area contributed by atoms with Crippen LogP contribution in [0.2, 0.25) is 0 Å². The van der Waals surface area contributed by atoms with Gasteiger partial charge in [0.25, 0.3) is 0 Å². The number of oxime groups is 1. The Hall–Kier alpha value is -3.70. The summed E-state index contributed by atoms with van der Waals surface area (Å²) in [5, 5.41) is 4.89. The zero-order valence-corrected chi connectivity index (χ0v) is 19.6. The first kappa shape index (κ1) is 20.9. The summed E-state index contributed by atoms with van der Waals surface area (Å²) in [5.41, 5.74) is 3.64. The first-order valence-electron chi connectivity index (χ1n) is 11.4. The van der Waals surface area contributed by atoms with Gasteiger partial charge in [-0.1, -0.05) is 78.0 Å². The van der Waals surface area contributed by atoms with Gasteiger partial charge in [0.2, 0.25) is 5.72 Å². The lowest BCUT2D eigenvalue weighted by Gasteiger charge is -2.38. The van der Waals surface area contributed by atoms with E-state index in [4.69, 9.17) is 14.7 Å². The Kier molecular flexibility index (Phi) is 5.27. The van der Waals surface area contributed by atoms with Crippen LogP contribution in [0.5, 0.6) is 5.75 Å². The molecule has 5 heteroatoms. The Morgan fingerprint density at radius 2 is 1.53 bits per heavy atom. The number of ether oxygens (including phenoxy) is 1. The number of thioether (sulfide) groups is 1. The van der Waals surface area contributed by atoms with Gasteiger partial charge >= 0.3 is 0 Å². The van der Waals surface area contributed by atoms with E-state index in [1.807, 2.05) is 42.1 Å². The second-order valence-electron chi connectivity index (χ2n) is 8.41. The lowest BCUT2D eigenvalue weighted by Crippen LogP contribution is -2.47. The van der Waals surface area contributed by atoms with Gasteiger partial charge in [0, 0.05) is 27.7 Å². The van der Waals surface area contributed by atoms with Crippen LogP contribution >= 0.6 is 11.8 Å². The standard InChI is InChI=1S/C29H24N2O2S/c1-32-24-18-16-23(17-19-24)29-20-27(21-10-4-2-5-11-21)34-26-15-9-8-14-25(26)31(29)28(30-33-29)22-12-6-3-7-13-22/h2-19,27H,20H2,1H3. The number of nitrogens with zero attached hydrogens (tertiary/aromatic N) is 2. The molecule has 2 atom stereocenters. The van der Waals surface area contributed by atoms with Crippen LogP contribution in [0.15, 0.2) is 119 Å². The van der Waals surface area contributed by atoms with Crippen molar-refractivity contribution < 1.29 is 9.57 Å². The highest BCUT2D eigenvalue weighted by Gasteiger charge is 2.52. The van der Waals surface area contributed by atoms with Gasteiger partial charge in [0.05, 0.1) is 12.8 Å². The van der Waals surface area contributed by atoms with E-state index < -0.39 is 5.72 Å². The van der Waals surface area contributed by atoms with Crippen LogP contribution in [0.1, 0.15) is 28.4 Å². The summed E-state index contributed by atoms with van der Waals surface area (Å²) in [5.74, 6) is 1.63. The summed E-state index contributed by atoms with van der Waals surface area (Å²) in [7, 11) is 1.69. The number of fused-ring (bicyclic) bond motifs is 3. The van der Waals surface area contributed by atoms with Crippen molar-refractivity contribution in [1.29, 1.82) is 0 Å². The van der Waals surface area contributed by atoms with Crippen LogP contribution < -0.4 is 9.64 Å². The quantitative estimate of drug-likeness (QED) is 0.326. The predicted molar refractivity (Wildman–Crippen MR) is 137 cm³/mol. The number of hydrogen-bond donors (Lipinski definition) is 0. The van der Waals surface area contributed by atoms with Gasteiger partial charge in [-0.3, -0.25) is 4.90 Å². The number of anilines is 1. The lowest BCUT2D eigenvalue weighted by atomic mass is 9.92. The molecule has 0 bridgehead atoms. The number of para-hydroxylation sites is 1. The van der Waals surface area contributed by atoms with Crippen LogP contribution in [0.4, 0.5) is 5.69 Å². The Balaban J connectivity index is 1.57. The van der Waals surface area contributed by atoms with Crippen LogP contribution in [0.25, 0.3) is 0 Å². The molecule has 4 aromatic rings. The van der Waals surface area contributed by atoms with Crippen molar-refractivity contribution in [1.82, 2.24) is 0 Å². The largest absolute Gasteiger partial charge is 0.497 e. The molecule has 0 saturated carbocycles. The Morgan fingerprint density at radius 1 is 0.853 bits per heavy atom. The molecular weight excluding hydrogens is 440 g/mol. The van der Waals surface area contributed by atoms with Crippen LogP contribution in [0.3, 0.4) is 0 Å². The van der Waals surface area contributed by atoms with Crippen molar-refractivity contribution in [2.24, 2.45) is 5.16 Å². The summed E-state index contributed by atoms with van der Waals surface area (Å²) in [6.45, 7) is 0. The molecule has 4 aromatic carbocycles. The maximum atomic E-state index is 6.52. The molecule has 6 rings (SSSR count). The summed E-state index contributed by atoms with van der Waals surface area (Å²) >= 11 is 1.88. The second-order valence-corrected chi connectivity index (χ2v) is 9.65. The van der Waals surface area contributed by atoms with Gasteiger partial charge in [-0.25, -0.2) is 0 Å². The zero-order chi connectivity index (χ0) is 23.0. The summed E-state index contributed by atoms with van der Waals surface area (Å²) < 4.78 is 5.44. The van der Waals surface area contributed by atoms with Gasteiger partial charge in [0.1, 0.15) is 5.75 Å². The van der Waals surface area contributed by atoms with Crippen molar-refractivity contribution >= 4 is 23.3 Å². The summed E-state index contributed by atoms with van der Waals surface area (Å²) in [4.78, 5) is 10.0. The van der Waals surface area contributed by atoms with E-state index in [1.165, 1.54) is 10.5 Å². The fourth-order valence-electron chi connectivity index (χ4n) is 4.77. The third-order valence-electron chi connectivity index (χ3n) is 6.44. The maximum absolute atomic E-state index is 6.52. The topological polar surface area (TPSA) is 34.1 Å². The first-order chi connectivity index (χ1) is 16.8. The van der Waals surface area contributed by atoms with Crippen molar-refractivity contribution in [3.63, 3.8) is 0 Å². The number of benzene rings is 4.